The predicted octanol–water partition coefficient (Wildman–Crippen LogP) is 12.5. The van der Waals surface area contributed by atoms with Gasteiger partial charge in [0.25, 0.3) is 17.7 Å². The number of methoxy groups -OCH3 is 2. The number of hydrogen-bond acceptors (Lipinski definition) is 24. The van der Waals surface area contributed by atoms with Crippen molar-refractivity contribution in [2.45, 2.75) is 98.9 Å². The minimum Gasteiger partial charge on any atom is -0.497 e. The highest BCUT2D eigenvalue weighted by atomic mass is 16.6. The highest BCUT2D eigenvalue weighted by Crippen LogP contribution is 2.27. The van der Waals surface area contributed by atoms with E-state index >= 15 is 0 Å². The van der Waals surface area contributed by atoms with Crippen molar-refractivity contribution in [3.63, 3.8) is 0 Å². The molecule has 27 nitrogen and oxygen atoms in total. The summed E-state index contributed by atoms with van der Waals surface area (Å²) in [5.41, 5.74) is 7.04. The van der Waals surface area contributed by atoms with Gasteiger partial charge in [-0.25, -0.2) is 29.9 Å². The van der Waals surface area contributed by atoms with Crippen LogP contribution in [0.3, 0.4) is 0 Å². The van der Waals surface area contributed by atoms with Crippen LogP contribution in [0.15, 0.2) is 183 Å². The molecule has 27 heteroatoms. The number of amides is 3. The molecule has 566 valence electrons. The molecule has 0 unspecified atom stereocenters. The Kier molecular flexibility index (Phi) is 29.4. The lowest BCUT2D eigenvalue weighted by molar-refractivity contribution is -0.154. The summed E-state index contributed by atoms with van der Waals surface area (Å²) in [5.74, 6) is 1.13. The van der Waals surface area contributed by atoms with Gasteiger partial charge in [0.05, 0.1) is 26.7 Å². The van der Waals surface area contributed by atoms with Crippen LogP contribution in [-0.4, -0.2) is 160 Å². The van der Waals surface area contributed by atoms with Crippen LogP contribution in [0.1, 0.15) is 113 Å². The third-order valence-corrected chi connectivity index (χ3v) is 15.5. The lowest BCUT2D eigenvalue weighted by atomic mass is 9.97. The number of nitrogens with zero attached hydrogens (tertiary/aromatic N) is 7. The van der Waals surface area contributed by atoms with Crippen molar-refractivity contribution in [2.24, 2.45) is 5.92 Å². The maximum atomic E-state index is 12.4. The smallest absolute Gasteiger partial charge is 0.325 e. The van der Waals surface area contributed by atoms with Crippen LogP contribution in [0, 0.1) is 5.92 Å². The highest BCUT2D eigenvalue weighted by Gasteiger charge is 2.26. The molecule has 3 aromatic heterocycles. The molecular formula is C81H93N13O14. The Morgan fingerprint density at radius 1 is 0.398 bits per heavy atom. The van der Waals surface area contributed by atoms with Gasteiger partial charge in [0, 0.05) is 94.2 Å². The lowest BCUT2D eigenvalue weighted by Gasteiger charge is -2.30. The largest absolute Gasteiger partial charge is 0.497 e. The fraction of sp³-hybridized carbons (Fsp3) is 0.321. The second-order valence-electron chi connectivity index (χ2n) is 27.5. The molecule has 6 aromatic carbocycles. The topological polar surface area (TPSA) is 337 Å². The number of ether oxygens (including phenoxy) is 7. The second kappa shape index (κ2) is 39.1. The zero-order valence-electron chi connectivity index (χ0n) is 62.8. The monoisotopic (exact) mass is 1470 g/mol. The Bertz CT molecular complexity index is 4220. The molecule has 6 N–H and O–H groups in total. The number of rotatable bonds is 26. The minimum absolute atomic E-state index is 0.0122. The van der Waals surface area contributed by atoms with Crippen LogP contribution in [-0.2, 0) is 38.1 Å². The van der Waals surface area contributed by atoms with Gasteiger partial charge in [0.2, 0.25) is 17.8 Å². The lowest BCUT2D eigenvalue weighted by Crippen LogP contribution is -2.39. The number of nitrogens with one attached hydrogen (secondary N) is 6. The van der Waals surface area contributed by atoms with E-state index in [0.29, 0.717) is 47.7 Å². The van der Waals surface area contributed by atoms with E-state index in [4.69, 9.17) is 33.2 Å². The average Bonchev–Trinajstić information content (AvgIpc) is 0.847. The first-order chi connectivity index (χ1) is 51.6. The van der Waals surface area contributed by atoms with Gasteiger partial charge in [0.15, 0.2) is 0 Å². The van der Waals surface area contributed by atoms with Gasteiger partial charge in [-0.1, -0.05) is 36.4 Å². The molecule has 1 fully saturated rings. The van der Waals surface area contributed by atoms with E-state index in [1.54, 1.807) is 187 Å². The third kappa shape index (κ3) is 27.6. The Morgan fingerprint density at radius 2 is 0.685 bits per heavy atom. The fourth-order valence-corrected chi connectivity index (χ4v) is 10.3. The molecule has 0 bridgehead atoms. The third-order valence-electron chi connectivity index (χ3n) is 15.5. The summed E-state index contributed by atoms with van der Waals surface area (Å²) in [6.45, 7) is 20.8. The zero-order chi connectivity index (χ0) is 77.8. The van der Waals surface area contributed by atoms with Gasteiger partial charge >= 0.3 is 23.9 Å². The molecule has 3 amide bonds. The molecule has 0 aliphatic carbocycles. The summed E-state index contributed by atoms with van der Waals surface area (Å²) in [6.07, 6.45) is 11.9. The van der Waals surface area contributed by atoms with E-state index in [1.807, 2.05) is 79.7 Å². The molecular weight excluding hydrogens is 1380 g/mol. The first-order valence-corrected chi connectivity index (χ1v) is 35.0. The van der Waals surface area contributed by atoms with Crippen molar-refractivity contribution in [3.05, 3.63) is 199 Å². The molecule has 1 aliphatic heterocycles. The number of carbonyl (C=O) groups excluding carboxylic acids is 7. The minimum atomic E-state index is -0.607. The highest BCUT2D eigenvalue weighted by molar-refractivity contribution is 5.98. The molecule has 108 heavy (non-hydrogen) atoms. The molecule has 4 heterocycles. The Morgan fingerprint density at radius 3 is 0.954 bits per heavy atom. The number of carbonyl (C=O) groups is 7. The molecule has 0 saturated carbocycles. The van der Waals surface area contributed by atoms with Gasteiger partial charge < -0.3 is 65.1 Å². The van der Waals surface area contributed by atoms with Crippen LogP contribution in [0.5, 0.6) is 17.2 Å². The summed E-state index contributed by atoms with van der Waals surface area (Å²) < 4.78 is 36.9. The average molecular weight is 1470 g/mol. The summed E-state index contributed by atoms with van der Waals surface area (Å²) in [6, 6.07) is 43.4. The fourth-order valence-electron chi connectivity index (χ4n) is 10.3. The molecule has 0 radical (unpaired) electrons. The van der Waals surface area contributed by atoms with Crippen LogP contribution < -0.4 is 46.1 Å². The summed E-state index contributed by atoms with van der Waals surface area (Å²) in [7, 11) is 3.24. The summed E-state index contributed by atoms with van der Waals surface area (Å²) in [5, 5.41) is 17.1. The maximum Gasteiger partial charge on any atom is 0.325 e. The van der Waals surface area contributed by atoms with E-state index < -0.39 is 34.7 Å². The van der Waals surface area contributed by atoms with E-state index in [0.717, 1.165) is 100 Å². The SMILES string of the molecule is CCOC(=O)C1CCN(CCOc2ccc(Nc3ncc(-c4ccc(C(=O)NCC(=O)OC(C)(C)C)cc4)cn3)cc2)CC1.COc1ccc(Nc2ncc(-c3ccc(C(=O)NCC(=O)OC(C)(C)C)cc3)cn2)cc1.COc1ccc(Nc2ncc(-c3ccc(C(=O)NCC(=O)OC(C)(C)C)cc3)cn2)cc1. The van der Waals surface area contributed by atoms with Crippen molar-refractivity contribution in [3.8, 4) is 50.6 Å². The van der Waals surface area contributed by atoms with Crippen LogP contribution in [0.2, 0.25) is 0 Å². The Labute approximate surface area is 628 Å². The summed E-state index contributed by atoms with van der Waals surface area (Å²) >= 11 is 0. The Balaban J connectivity index is 0.000000208. The normalized spacial score (nSPS) is 12.1. The van der Waals surface area contributed by atoms with Crippen LogP contribution in [0.4, 0.5) is 34.9 Å². The standard InChI is InChI=1S/C33H41N5O6.2C24H26N4O4/c1-5-42-31(41)25-14-16-38(17-15-25)18-19-43-28-12-10-27(11-13-28)37-32-35-20-26(21-36-32)23-6-8-24(9-7-23)30(40)34-22-29(39)44-33(2,3)4;2*1-24(2,3)32-21(29)15-25-22(30)17-7-5-16(6-8-17)18-13-26-23(27-14-18)28-19-9-11-20(31-4)12-10-19/h6-13,20-21,25H,5,14-19,22H2,1-4H3,(H,34,40)(H,35,36,37);2*5-14H,15H2,1-4H3,(H,25,30)(H,26,27,28). The number of likely N-dealkylation sites (tertiary alicyclic amines) is 1. The molecule has 1 aliphatic rings. The number of aromatic nitrogens is 6. The maximum absolute atomic E-state index is 12.4. The summed E-state index contributed by atoms with van der Waals surface area (Å²) in [4.78, 5) is 113. The van der Waals surface area contributed by atoms with Gasteiger partial charge in [-0.2, -0.15) is 0 Å². The number of hydrogen-bond donors (Lipinski definition) is 6. The first kappa shape index (κ1) is 81.3. The van der Waals surface area contributed by atoms with Crippen molar-refractivity contribution < 1.29 is 66.7 Å². The van der Waals surface area contributed by atoms with Crippen LogP contribution in [0.25, 0.3) is 33.4 Å². The molecule has 0 spiro atoms. The number of anilines is 6. The predicted molar refractivity (Wildman–Crippen MR) is 411 cm³/mol. The van der Waals surface area contributed by atoms with E-state index in [1.165, 1.54) is 0 Å². The van der Waals surface area contributed by atoms with Gasteiger partial charge in [0.1, 0.15) is 60.3 Å². The Hall–Kier alpha value is -12.4. The van der Waals surface area contributed by atoms with E-state index in [2.05, 4.69) is 66.7 Å². The van der Waals surface area contributed by atoms with Crippen molar-refractivity contribution in [1.29, 1.82) is 0 Å². The van der Waals surface area contributed by atoms with Gasteiger partial charge in [-0.3, -0.25) is 38.5 Å². The molecule has 1 saturated heterocycles. The van der Waals surface area contributed by atoms with Crippen LogP contribution >= 0.6 is 0 Å². The quantitative estimate of drug-likeness (QED) is 0.0217. The number of piperidine rings is 1. The molecule has 9 aromatic rings. The van der Waals surface area contributed by atoms with Gasteiger partial charge in [-0.05, 0) is 221 Å². The molecule has 10 rings (SSSR count). The number of benzene rings is 6. The molecule has 0 atom stereocenters. The second-order valence-corrected chi connectivity index (χ2v) is 27.5. The van der Waals surface area contributed by atoms with Crippen molar-refractivity contribution in [2.75, 3.05) is 82.7 Å². The van der Waals surface area contributed by atoms with Gasteiger partial charge in [-0.15, -0.1) is 0 Å². The van der Waals surface area contributed by atoms with E-state index in [-0.39, 0.29) is 49.2 Å². The van der Waals surface area contributed by atoms with E-state index in [9.17, 15) is 33.6 Å². The zero-order valence-corrected chi connectivity index (χ0v) is 62.8. The number of esters is 4. The van der Waals surface area contributed by atoms with Crippen molar-refractivity contribution in [1.82, 2.24) is 50.8 Å². The first-order valence-electron chi connectivity index (χ1n) is 35.0. The van der Waals surface area contributed by atoms with Crippen molar-refractivity contribution >= 4 is 76.5 Å².